The van der Waals surface area contributed by atoms with E-state index in [2.05, 4.69) is 0 Å². The highest BCUT2D eigenvalue weighted by atomic mass is 32.2. The van der Waals surface area contributed by atoms with Crippen molar-refractivity contribution in [2.45, 2.75) is 28.8 Å². The number of hydrogen-bond donors (Lipinski definition) is 0. The maximum absolute atomic E-state index is 13.2. The summed E-state index contributed by atoms with van der Waals surface area (Å²) in [7, 11) is 0. The molecule has 0 saturated heterocycles. The van der Waals surface area contributed by atoms with Gasteiger partial charge in [-0.1, -0.05) is 48.2 Å². The Morgan fingerprint density at radius 3 is 2.00 bits per heavy atom. The van der Waals surface area contributed by atoms with Crippen LogP contribution >= 0.6 is 11.8 Å². The Labute approximate surface area is 152 Å². The van der Waals surface area contributed by atoms with E-state index in [-0.39, 0.29) is 6.61 Å². The minimum atomic E-state index is -5.13. The molecule has 0 aromatic heterocycles. The van der Waals surface area contributed by atoms with Gasteiger partial charge >= 0.3 is 12.1 Å². The fourth-order valence-electron chi connectivity index (χ4n) is 3.11. The van der Waals surface area contributed by atoms with Gasteiger partial charge in [0.15, 0.2) is 0 Å². The van der Waals surface area contributed by atoms with E-state index >= 15 is 0 Å². The predicted octanol–water partition coefficient (Wildman–Crippen LogP) is 4.59. The molecular weight excluding hydrogens is 365 g/mol. The van der Waals surface area contributed by atoms with Crippen LogP contribution in [0.4, 0.5) is 13.2 Å². The molecule has 0 unspecified atom stereocenters. The van der Waals surface area contributed by atoms with Crippen molar-refractivity contribution in [2.24, 2.45) is 5.92 Å². The number of rotatable bonds is 4. The van der Waals surface area contributed by atoms with Crippen molar-refractivity contribution in [3.05, 3.63) is 59.7 Å². The summed E-state index contributed by atoms with van der Waals surface area (Å²) in [4.78, 5) is 26.0. The molecule has 0 saturated carbocycles. The van der Waals surface area contributed by atoms with Gasteiger partial charge in [0.1, 0.15) is 5.92 Å². The first-order valence-electron chi connectivity index (χ1n) is 7.98. The van der Waals surface area contributed by atoms with Crippen molar-refractivity contribution in [3.63, 3.8) is 0 Å². The Bertz CT molecular complexity index is 802. The van der Waals surface area contributed by atoms with Crippen molar-refractivity contribution >= 4 is 23.5 Å². The number of esters is 1. The number of halogens is 3. The third kappa shape index (κ3) is 3.35. The van der Waals surface area contributed by atoms with Gasteiger partial charge in [-0.3, -0.25) is 9.59 Å². The summed E-state index contributed by atoms with van der Waals surface area (Å²) >= 11 is 1.40. The van der Waals surface area contributed by atoms with Gasteiger partial charge in [-0.2, -0.15) is 13.2 Å². The topological polar surface area (TPSA) is 43.4 Å². The van der Waals surface area contributed by atoms with Gasteiger partial charge < -0.3 is 4.74 Å². The van der Waals surface area contributed by atoms with Crippen LogP contribution < -0.4 is 0 Å². The molecule has 0 radical (unpaired) electrons. The molecule has 0 N–H and O–H groups in total. The molecule has 1 aliphatic rings. The molecule has 2 aromatic rings. The number of benzene rings is 2. The smallest absolute Gasteiger partial charge is 0.450 e. The lowest BCUT2D eigenvalue weighted by Gasteiger charge is -2.32. The third-order valence-corrected chi connectivity index (χ3v) is 5.35. The van der Waals surface area contributed by atoms with Crippen LogP contribution in [0.1, 0.15) is 24.0 Å². The van der Waals surface area contributed by atoms with Crippen molar-refractivity contribution in [3.8, 4) is 0 Å². The molecule has 1 atom stereocenters. The Morgan fingerprint density at radius 2 is 1.54 bits per heavy atom. The minimum absolute atomic E-state index is 0.106. The molecule has 1 aliphatic heterocycles. The van der Waals surface area contributed by atoms with Crippen molar-refractivity contribution in [1.82, 2.24) is 0 Å². The first-order chi connectivity index (χ1) is 12.3. The monoisotopic (exact) mass is 380 g/mol. The van der Waals surface area contributed by atoms with Gasteiger partial charge in [0.05, 0.1) is 6.61 Å². The van der Waals surface area contributed by atoms with Crippen molar-refractivity contribution < 1.29 is 27.5 Å². The summed E-state index contributed by atoms with van der Waals surface area (Å²) in [6, 6.07) is 13.7. The summed E-state index contributed by atoms with van der Waals surface area (Å²) in [5, 5.41) is 0. The Kier molecular flexibility index (Phi) is 5.09. The molecule has 3 rings (SSSR count). The number of ketones is 1. The zero-order valence-electron chi connectivity index (χ0n) is 13.7. The van der Waals surface area contributed by atoms with Crippen LogP contribution in [-0.4, -0.2) is 24.5 Å². The zero-order chi connectivity index (χ0) is 18.9. The molecule has 1 heterocycles. The van der Waals surface area contributed by atoms with Crippen molar-refractivity contribution in [2.75, 3.05) is 6.61 Å². The number of hydrogen-bond acceptors (Lipinski definition) is 4. The van der Waals surface area contributed by atoms with Gasteiger partial charge in [0.2, 0.25) is 0 Å². The Hall–Kier alpha value is -2.28. The average Bonchev–Trinajstić information content (AvgIpc) is 2.60. The minimum Gasteiger partial charge on any atom is -0.465 e. The quantitative estimate of drug-likeness (QED) is 0.575. The lowest BCUT2D eigenvalue weighted by molar-refractivity contribution is -0.181. The van der Waals surface area contributed by atoms with Gasteiger partial charge in [-0.05, 0) is 30.2 Å². The molecule has 3 nitrogen and oxygen atoms in total. The molecule has 0 amide bonds. The van der Waals surface area contributed by atoms with E-state index in [9.17, 15) is 22.8 Å². The number of carbonyl (C=O) groups is 2. The van der Waals surface area contributed by atoms with Gasteiger partial charge in [0.25, 0.3) is 5.78 Å². The van der Waals surface area contributed by atoms with Gasteiger partial charge in [-0.15, -0.1) is 0 Å². The fourth-order valence-corrected chi connectivity index (χ4v) is 4.26. The van der Waals surface area contributed by atoms with E-state index in [1.165, 1.54) is 18.7 Å². The van der Waals surface area contributed by atoms with Crippen LogP contribution in [-0.2, 0) is 14.3 Å². The lowest BCUT2D eigenvalue weighted by atomic mass is 9.78. The molecule has 0 bridgehead atoms. The largest absolute Gasteiger partial charge is 0.465 e. The highest BCUT2D eigenvalue weighted by Gasteiger charge is 2.52. The lowest BCUT2D eigenvalue weighted by Crippen LogP contribution is -2.41. The van der Waals surface area contributed by atoms with E-state index in [0.29, 0.717) is 11.1 Å². The number of fused-ring (bicyclic) bond motifs is 2. The first kappa shape index (κ1) is 18.5. The average molecular weight is 380 g/mol. The fraction of sp³-hybridized carbons (Fsp3) is 0.263. The van der Waals surface area contributed by atoms with Crippen LogP contribution in [0.3, 0.4) is 0 Å². The number of ether oxygens (including phenoxy) is 1. The molecule has 7 heteroatoms. The highest BCUT2D eigenvalue weighted by molar-refractivity contribution is 7.99. The zero-order valence-corrected chi connectivity index (χ0v) is 14.6. The Morgan fingerprint density at radius 1 is 1.04 bits per heavy atom. The van der Waals surface area contributed by atoms with Gasteiger partial charge in [0, 0.05) is 15.7 Å². The summed E-state index contributed by atoms with van der Waals surface area (Å²) in [6.45, 7) is 1.39. The van der Waals surface area contributed by atoms with E-state index in [0.717, 1.165) is 9.79 Å². The van der Waals surface area contributed by atoms with Crippen LogP contribution in [0.15, 0.2) is 58.3 Å². The maximum atomic E-state index is 13.2. The summed E-state index contributed by atoms with van der Waals surface area (Å²) in [6.07, 6.45) is -5.13. The predicted molar refractivity (Wildman–Crippen MR) is 90.0 cm³/mol. The summed E-state index contributed by atoms with van der Waals surface area (Å²) < 4.78 is 44.6. The standard InChI is InChI=1S/C19H15F3O3S/c1-2-25-18(24)16(17(23)19(20,21)22)15-11-7-3-5-9-13(11)26-14-10-6-4-8-12(14)15/h3-10,15-16H,2H2,1H3/t16-/m1/s1. The highest BCUT2D eigenvalue weighted by Crippen LogP contribution is 2.49. The van der Waals surface area contributed by atoms with Crippen LogP contribution in [0.25, 0.3) is 0 Å². The molecule has 26 heavy (non-hydrogen) atoms. The Balaban J connectivity index is 2.20. The second kappa shape index (κ2) is 7.15. The van der Waals surface area contributed by atoms with E-state index in [1.807, 2.05) is 0 Å². The number of carbonyl (C=O) groups excluding carboxylic acids is 2. The van der Waals surface area contributed by atoms with E-state index in [4.69, 9.17) is 4.74 Å². The summed E-state index contributed by atoms with van der Waals surface area (Å²) in [5.74, 6) is -6.26. The number of alkyl halides is 3. The molecule has 0 spiro atoms. The second-order valence-electron chi connectivity index (χ2n) is 5.75. The third-order valence-electron chi connectivity index (χ3n) is 4.16. The van der Waals surface area contributed by atoms with Crippen LogP contribution in [0, 0.1) is 5.92 Å². The van der Waals surface area contributed by atoms with E-state index < -0.39 is 29.8 Å². The summed E-state index contributed by atoms with van der Waals surface area (Å²) in [5.41, 5.74) is 1.04. The second-order valence-corrected chi connectivity index (χ2v) is 6.83. The maximum Gasteiger partial charge on any atom is 0.450 e. The molecular formula is C19H15F3O3S. The van der Waals surface area contributed by atoms with E-state index in [1.54, 1.807) is 48.5 Å². The van der Waals surface area contributed by atoms with Crippen LogP contribution in [0.5, 0.6) is 0 Å². The molecule has 0 fully saturated rings. The number of Topliss-reactive ketones (excluding diaryl/α,β-unsaturated/α-hetero) is 1. The molecule has 2 aromatic carbocycles. The normalized spacial score (nSPS) is 14.9. The van der Waals surface area contributed by atoms with Crippen LogP contribution in [0.2, 0.25) is 0 Å². The van der Waals surface area contributed by atoms with Gasteiger partial charge in [-0.25, -0.2) is 0 Å². The molecule has 0 aliphatic carbocycles. The first-order valence-corrected chi connectivity index (χ1v) is 8.79. The SMILES string of the molecule is CCOC(=O)[C@@H](C(=O)C(F)(F)F)C1c2ccccc2Sc2ccccc21. The molecule has 136 valence electrons. The van der Waals surface area contributed by atoms with Crippen molar-refractivity contribution in [1.29, 1.82) is 0 Å².